The molecule has 0 aliphatic carbocycles. The molecule has 16 aromatic carbocycles. The summed E-state index contributed by atoms with van der Waals surface area (Å²) in [5, 5.41) is 16.1. The molecule has 7 aromatic heterocycles. The fraction of sp³-hybridized carbons (Fsp3) is 0. The zero-order valence-corrected chi connectivity index (χ0v) is 56.9. The molecule has 0 saturated heterocycles. The minimum atomic E-state index is 0.635. The molecule has 106 heavy (non-hydrogen) atoms. The van der Waals surface area contributed by atoms with Gasteiger partial charge in [0.25, 0.3) is 0 Å². The van der Waals surface area contributed by atoms with E-state index in [9.17, 15) is 0 Å². The molecule has 23 rings (SSSR count). The Morgan fingerprint density at radius 3 is 0.906 bits per heavy atom. The lowest BCUT2D eigenvalue weighted by Gasteiger charge is -2.13. The summed E-state index contributed by atoms with van der Waals surface area (Å²) in [5.74, 6) is 0.635. The van der Waals surface area contributed by atoms with Gasteiger partial charge in [-0.05, 0) is 214 Å². The summed E-state index contributed by atoms with van der Waals surface area (Å²) in [4.78, 5) is 11.0. The van der Waals surface area contributed by atoms with Crippen molar-refractivity contribution < 1.29 is 13.3 Å². The van der Waals surface area contributed by atoms with Crippen LogP contribution in [-0.4, -0.2) is 23.7 Å². The Balaban J connectivity index is 0.621. The molecular weight excluding hydrogens is 1300 g/mol. The zero-order chi connectivity index (χ0) is 69.2. The van der Waals surface area contributed by atoms with Gasteiger partial charge in [0.1, 0.15) is 33.5 Å². The number of fused-ring (bicyclic) bond motifs is 19. The van der Waals surface area contributed by atoms with Gasteiger partial charge < -0.3 is 27.0 Å². The summed E-state index contributed by atoms with van der Waals surface area (Å²) in [6.45, 7) is 0. The molecule has 0 aliphatic rings. The molecule has 0 radical (unpaired) electrons. The minimum Gasteiger partial charge on any atom is -0.456 e. The molecule has 492 valence electrons. The number of benzene rings is 16. The van der Waals surface area contributed by atoms with Crippen molar-refractivity contribution in [1.82, 2.24) is 23.7 Å². The summed E-state index contributed by atoms with van der Waals surface area (Å²) < 4.78 is 25.8. The maximum absolute atomic E-state index is 6.23. The van der Waals surface area contributed by atoms with Gasteiger partial charge in [0.05, 0.1) is 44.5 Å². The van der Waals surface area contributed by atoms with Crippen LogP contribution in [0, 0.1) is 0 Å². The van der Waals surface area contributed by atoms with E-state index in [0.29, 0.717) is 5.82 Å². The van der Waals surface area contributed by atoms with Crippen molar-refractivity contribution >= 4 is 142 Å². The van der Waals surface area contributed by atoms with Crippen molar-refractivity contribution in [2.45, 2.75) is 0 Å². The Hall–Kier alpha value is -14.3. The summed E-state index contributed by atoms with van der Waals surface area (Å²) in [7, 11) is 0. The Bertz CT molecular complexity index is 7350. The number of rotatable bonds is 9. The van der Waals surface area contributed by atoms with Crippen molar-refractivity contribution in [1.29, 1.82) is 0 Å². The normalized spacial score (nSPS) is 12.2. The number of hydrogen-bond donors (Lipinski definition) is 0. The molecule has 0 bridgehead atoms. The van der Waals surface area contributed by atoms with Crippen LogP contribution >= 0.6 is 0 Å². The van der Waals surface area contributed by atoms with Crippen LogP contribution in [0.15, 0.2) is 359 Å². The van der Waals surface area contributed by atoms with Crippen LogP contribution in [0.4, 0.5) is 0 Å². The molecule has 0 amide bonds. The monoisotopic (exact) mass is 1350 g/mol. The van der Waals surface area contributed by atoms with Gasteiger partial charge in [-0.15, -0.1) is 0 Å². The van der Waals surface area contributed by atoms with E-state index in [1.807, 2.05) is 36.4 Å². The Labute approximate surface area is 605 Å². The van der Waals surface area contributed by atoms with Gasteiger partial charge in [0.15, 0.2) is 5.82 Å². The first kappa shape index (κ1) is 58.3. The molecule has 23 aromatic rings. The second-order valence-electron chi connectivity index (χ2n) is 28.0. The quantitative estimate of drug-likeness (QED) is 0.144. The van der Waals surface area contributed by atoms with Crippen LogP contribution in [0.3, 0.4) is 0 Å². The topological polar surface area (TPSA) is 80.0 Å². The summed E-state index contributed by atoms with van der Waals surface area (Å²) >= 11 is 0. The van der Waals surface area contributed by atoms with E-state index in [1.165, 1.54) is 32.3 Å². The van der Waals surface area contributed by atoms with Crippen LogP contribution in [0.2, 0.25) is 0 Å². The third-order valence-electron chi connectivity index (χ3n) is 22.1. The SMILES string of the molecule is c1ccc2c(c1)oc1ccc(-c3ccc4c(c3)c3ccccc3n4-c3ccc(-c4cc(-c5ccc6cc(-n7c8ccccc8c8cc(-c9ccc%10oc%11ccccc%11c%10c9)ccc87)ccc6c5)nc(-c5ccc(-n6c7ccccc7c7cc(-c8ccc9oc%10ccccc%10c9c8)ccc76)cc5)n4)cc3)cc12. The number of aromatic nitrogens is 5. The van der Waals surface area contributed by atoms with Crippen molar-refractivity contribution in [2.75, 3.05) is 0 Å². The molecule has 0 spiro atoms. The van der Waals surface area contributed by atoms with Crippen molar-refractivity contribution in [3.8, 4) is 84.3 Å². The lowest BCUT2D eigenvalue weighted by molar-refractivity contribution is 0.668. The van der Waals surface area contributed by atoms with Crippen molar-refractivity contribution in [3.63, 3.8) is 0 Å². The van der Waals surface area contributed by atoms with Gasteiger partial charge in [-0.3, -0.25) is 0 Å². The highest BCUT2D eigenvalue weighted by molar-refractivity contribution is 6.15. The predicted octanol–water partition coefficient (Wildman–Crippen LogP) is 26.6. The standard InChI is InChI=1S/C98H57N5O3/c1-7-19-86-72(13-1)78-51-62(65-35-46-95-81(54-65)75-16-4-10-22-92(75)104-95)32-43-89(78)101(86)69-38-27-58(28-39-69)84-57-85(100-98(99-84)59-29-40-70(41-30-59)102-87-20-8-2-14-73(87)79-52-63(33-44-90(79)102)66-36-47-96-82(55-66)76-17-5-11-23-93(76)105-96)68-26-25-61-50-71(42-31-60(61)49-68)103-88-21-9-3-15-74(88)80-53-64(34-45-91(80)103)67-37-48-97-83(56-67)77-18-6-12-24-94(77)106-97/h1-57H. The molecule has 8 heteroatoms. The average molecular weight is 1350 g/mol. The lowest BCUT2D eigenvalue weighted by Crippen LogP contribution is -1.98. The number of hydrogen-bond acceptors (Lipinski definition) is 5. The molecule has 0 aliphatic heterocycles. The van der Waals surface area contributed by atoms with Crippen LogP contribution < -0.4 is 0 Å². The van der Waals surface area contributed by atoms with Crippen molar-refractivity contribution in [2.24, 2.45) is 0 Å². The maximum Gasteiger partial charge on any atom is 0.160 e. The Morgan fingerprint density at radius 1 is 0.179 bits per heavy atom. The highest BCUT2D eigenvalue weighted by atomic mass is 16.3. The van der Waals surface area contributed by atoms with Crippen LogP contribution in [0.1, 0.15) is 0 Å². The smallest absolute Gasteiger partial charge is 0.160 e. The van der Waals surface area contributed by atoms with E-state index < -0.39 is 0 Å². The molecule has 0 atom stereocenters. The van der Waals surface area contributed by atoms with Gasteiger partial charge in [0, 0.05) is 98.4 Å². The van der Waals surface area contributed by atoms with E-state index in [4.69, 9.17) is 23.2 Å². The molecule has 0 N–H and O–H groups in total. The summed E-state index contributed by atoms with van der Waals surface area (Å²) in [6, 6.07) is 124. The highest BCUT2D eigenvalue weighted by Crippen LogP contribution is 2.44. The third-order valence-corrected chi connectivity index (χ3v) is 22.1. The van der Waals surface area contributed by atoms with E-state index in [1.54, 1.807) is 0 Å². The van der Waals surface area contributed by atoms with E-state index in [2.05, 4.69) is 323 Å². The van der Waals surface area contributed by atoms with Crippen molar-refractivity contribution in [3.05, 3.63) is 346 Å². The van der Waals surface area contributed by atoms with Crippen LogP contribution in [-0.2, 0) is 0 Å². The van der Waals surface area contributed by atoms with Gasteiger partial charge in [-0.2, -0.15) is 0 Å². The first-order valence-electron chi connectivity index (χ1n) is 36.0. The second-order valence-corrected chi connectivity index (χ2v) is 28.0. The minimum absolute atomic E-state index is 0.635. The van der Waals surface area contributed by atoms with Gasteiger partial charge in [-0.1, -0.05) is 176 Å². The van der Waals surface area contributed by atoms with E-state index in [-0.39, 0.29) is 0 Å². The third kappa shape index (κ3) is 9.01. The fourth-order valence-corrected chi connectivity index (χ4v) is 17.0. The maximum atomic E-state index is 6.23. The Morgan fingerprint density at radius 2 is 0.472 bits per heavy atom. The summed E-state index contributed by atoms with van der Waals surface area (Å²) in [6.07, 6.45) is 0. The van der Waals surface area contributed by atoms with Gasteiger partial charge >= 0.3 is 0 Å². The second kappa shape index (κ2) is 22.6. The molecule has 8 nitrogen and oxygen atoms in total. The molecule has 0 unspecified atom stereocenters. The zero-order valence-electron chi connectivity index (χ0n) is 56.9. The van der Waals surface area contributed by atoms with Gasteiger partial charge in [0.2, 0.25) is 0 Å². The first-order valence-corrected chi connectivity index (χ1v) is 36.0. The average Bonchev–Trinajstić information content (AvgIpc) is 1.56. The predicted molar refractivity (Wildman–Crippen MR) is 437 cm³/mol. The number of furan rings is 3. The number of para-hydroxylation sites is 6. The lowest BCUT2D eigenvalue weighted by atomic mass is 10.0. The largest absolute Gasteiger partial charge is 0.456 e. The molecule has 0 fully saturated rings. The highest BCUT2D eigenvalue weighted by Gasteiger charge is 2.22. The van der Waals surface area contributed by atoms with Crippen LogP contribution in [0.25, 0.3) is 226 Å². The van der Waals surface area contributed by atoms with E-state index >= 15 is 0 Å². The molecular formula is C98H57N5O3. The Kier molecular flexibility index (Phi) is 12.4. The number of nitrogens with zero attached hydrogens (tertiary/aromatic N) is 5. The molecule has 0 saturated carbocycles. The molecule has 7 heterocycles. The summed E-state index contributed by atoms with van der Waals surface area (Å²) in [5.41, 5.74) is 26.8. The first-order chi connectivity index (χ1) is 52.5. The fourth-order valence-electron chi connectivity index (χ4n) is 17.0. The van der Waals surface area contributed by atoms with Gasteiger partial charge in [-0.25, -0.2) is 9.97 Å². The van der Waals surface area contributed by atoms with Crippen LogP contribution in [0.5, 0.6) is 0 Å². The van der Waals surface area contributed by atoms with E-state index in [0.717, 1.165) is 188 Å².